The first-order chi connectivity index (χ1) is 30.2. The van der Waals surface area contributed by atoms with Gasteiger partial charge in [0.05, 0.1) is 22.3 Å². The summed E-state index contributed by atoms with van der Waals surface area (Å²) in [5.74, 6) is 0.836. The monoisotopic (exact) mass is 1020 g/mol. The van der Waals surface area contributed by atoms with Crippen molar-refractivity contribution in [1.29, 1.82) is 0 Å². The number of imidazole rings is 1. The Kier molecular flexibility index (Phi) is 12.0. The van der Waals surface area contributed by atoms with Gasteiger partial charge in [-0.3, -0.25) is 9.55 Å². The topological polar surface area (TPSA) is 50.9 Å². The molecule has 0 saturated carbocycles. The molecule has 0 unspecified atom stereocenters. The first kappa shape index (κ1) is 44.3. The Balaban J connectivity index is 0.00000560. The molecular formula is C59H54N3OPt-. The summed E-state index contributed by atoms with van der Waals surface area (Å²) in [6.45, 7) is 18.1. The van der Waals surface area contributed by atoms with Crippen molar-refractivity contribution >= 4 is 11.0 Å². The van der Waals surface area contributed by atoms with E-state index in [1.54, 1.807) is 6.07 Å². The quantitative estimate of drug-likeness (QED) is 0.154. The molecule has 64 heavy (non-hydrogen) atoms. The maximum absolute atomic E-state index is 11.4. The van der Waals surface area contributed by atoms with Crippen LogP contribution in [-0.2, 0) is 37.3 Å². The van der Waals surface area contributed by atoms with Gasteiger partial charge >= 0.3 is 0 Å². The molecule has 9 aromatic rings. The SMILES string of the molecule is CC(C)(C)c1cc(-c2cc(-c3cccc(C(C)(C)c4ccccc4)c3)ccn2)[c-]c(-c2cccc3c2nc(-c2ccccc2O)n3-c2ccc(C(C)(C)C)cc2-c2ccccc2)c1.[Pt]. The smallest absolute Gasteiger partial charge is 0.148 e. The molecule has 1 N–H and O–H groups in total. The molecule has 0 aliphatic carbocycles. The molecule has 9 rings (SSSR count). The molecule has 0 spiro atoms. The second-order valence-corrected chi connectivity index (χ2v) is 19.3. The van der Waals surface area contributed by atoms with Crippen LogP contribution in [0, 0.1) is 6.07 Å². The summed E-state index contributed by atoms with van der Waals surface area (Å²) in [6.07, 6.45) is 1.91. The molecule has 0 aliphatic rings. The number of hydrogen-bond acceptors (Lipinski definition) is 3. The van der Waals surface area contributed by atoms with E-state index in [0.717, 1.165) is 61.4 Å². The minimum atomic E-state index is -0.165. The molecule has 0 bridgehead atoms. The zero-order valence-electron chi connectivity index (χ0n) is 37.8. The fraction of sp³-hybridized carbons (Fsp3) is 0.186. The van der Waals surface area contributed by atoms with E-state index in [1.165, 1.54) is 22.3 Å². The van der Waals surface area contributed by atoms with Crippen molar-refractivity contribution in [1.82, 2.24) is 14.5 Å². The zero-order chi connectivity index (χ0) is 44.1. The molecule has 322 valence electrons. The van der Waals surface area contributed by atoms with E-state index in [2.05, 4.69) is 212 Å². The second-order valence-electron chi connectivity index (χ2n) is 19.3. The van der Waals surface area contributed by atoms with Gasteiger partial charge in [0.2, 0.25) is 0 Å². The number of nitrogens with zero attached hydrogens (tertiary/aromatic N) is 3. The predicted molar refractivity (Wildman–Crippen MR) is 263 cm³/mol. The average Bonchev–Trinajstić information content (AvgIpc) is 3.68. The van der Waals surface area contributed by atoms with Gasteiger partial charge in [0.25, 0.3) is 0 Å². The number of aromatic hydroxyl groups is 1. The molecule has 0 atom stereocenters. The van der Waals surface area contributed by atoms with Crippen LogP contribution >= 0.6 is 0 Å². The van der Waals surface area contributed by atoms with Crippen molar-refractivity contribution in [3.05, 3.63) is 204 Å². The molecule has 0 radical (unpaired) electrons. The van der Waals surface area contributed by atoms with E-state index in [4.69, 9.17) is 9.97 Å². The van der Waals surface area contributed by atoms with Gasteiger partial charge in [0.1, 0.15) is 11.6 Å². The van der Waals surface area contributed by atoms with Crippen LogP contribution < -0.4 is 0 Å². The first-order valence-electron chi connectivity index (χ1n) is 21.9. The summed E-state index contributed by atoms with van der Waals surface area (Å²) in [5, 5.41) is 11.4. The van der Waals surface area contributed by atoms with Crippen molar-refractivity contribution in [3.8, 4) is 67.5 Å². The van der Waals surface area contributed by atoms with Gasteiger partial charge in [-0.25, -0.2) is 4.98 Å². The summed E-state index contributed by atoms with van der Waals surface area (Å²) >= 11 is 0. The van der Waals surface area contributed by atoms with Gasteiger partial charge in [-0.05, 0) is 80.6 Å². The minimum absolute atomic E-state index is 0. The summed E-state index contributed by atoms with van der Waals surface area (Å²) in [6, 6.07) is 63.3. The number of pyridine rings is 1. The van der Waals surface area contributed by atoms with Crippen LogP contribution in [0.1, 0.15) is 77.6 Å². The Morgan fingerprint density at radius 3 is 1.81 bits per heavy atom. The van der Waals surface area contributed by atoms with Gasteiger partial charge in [-0.15, -0.1) is 29.3 Å². The van der Waals surface area contributed by atoms with E-state index in [1.807, 2.05) is 24.4 Å². The third-order valence-electron chi connectivity index (χ3n) is 12.5. The first-order valence-corrected chi connectivity index (χ1v) is 21.9. The maximum atomic E-state index is 11.4. The van der Waals surface area contributed by atoms with Gasteiger partial charge < -0.3 is 5.11 Å². The molecule has 4 nitrogen and oxygen atoms in total. The predicted octanol–water partition coefficient (Wildman–Crippen LogP) is 15.2. The third-order valence-corrected chi connectivity index (χ3v) is 12.5. The maximum Gasteiger partial charge on any atom is 0.148 e. The van der Waals surface area contributed by atoms with Crippen molar-refractivity contribution in [3.63, 3.8) is 0 Å². The van der Waals surface area contributed by atoms with E-state index in [9.17, 15) is 5.11 Å². The van der Waals surface area contributed by atoms with Crippen LogP contribution in [0.15, 0.2) is 176 Å². The van der Waals surface area contributed by atoms with Crippen LogP contribution in [0.3, 0.4) is 0 Å². The molecule has 7 aromatic carbocycles. The number of para-hydroxylation sites is 2. The third kappa shape index (κ3) is 8.52. The van der Waals surface area contributed by atoms with Crippen LogP contribution in [0.5, 0.6) is 5.75 Å². The van der Waals surface area contributed by atoms with Crippen molar-refractivity contribution in [2.75, 3.05) is 0 Å². The number of rotatable bonds is 8. The van der Waals surface area contributed by atoms with E-state index < -0.39 is 0 Å². The number of benzene rings is 7. The molecule has 0 aliphatic heterocycles. The van der Waals surface area contributed by atoms with E-state index in [-0.39, 0.29) is 43.1 Å². The normalized spacial score (nSPS) is 12.0. The summed E-state index contributed by atoms with van der Waals surface area (Å²) in [4.78, 5) is 10.4. The molecule has 0 fully saturated rings. The molecule has 2 heterocycles. The van der Waals surface area contributed by atoms with Crippen molar-refractivity contribution in [2.24, 2.45) is 0 Å². The number of phenolic OH excluding ortho intramolecular Hbond substituents is 1. The summed E-state index contributed by atoms with van der Waals surface area (Å²) < 4.78 is 2.22. The Morgan fingerprint density at radius 1 is 0.484 bits per heavy atom. The molecule has 0 saturated heterocycles. The fourth-order valence-corrected chi connectivity index (χ4v) is 8.60. The number of hydrogen-bond donors (Lipinski definition) is 1. The van der Waals surface area contributed by atoms with Crippen molar-refractivity contribution < 1.29 is 26.2 Å². The van der Waals surface area contributed by atoms with Gasteiger partial charge in [0.15, 0.2) is 0 Å². The van der Waals surface area contributed by atoms with Gasteiger partial charge in [-0.1, -0.05) is 188 Å². The molecule has 0 amide bonds. The Bertz CT molecular complexity index is 3110. The van der Waals surface area contributed by atoms with Crippen LogP contribution in [0.25, 0.3) is 72.7 Å². The largest absolute Gasteiger partial charge is 0.507 e. The molecule has 2 aromatic heterocycles. The van der Waals surface area contributed by atoms with Crippen molar-refractivity contribution in [2.45, 2.75) is 71.6 Å². The van der Waals surface area contributed by atoms with Crippen LogP contribution in [0.4, 0.5) is 0 Å². The Labute approximate surface area is 393 Å². The number of phenols is 1. The zero-order valence-corrected chi connectivity index (χ0v) is 40.1. The number of aromatic nitrogens is 3. The minimum Gasteiger partial charge on any atom is -0.507 e. The Hall–Kier alpha value is -6.35. The van der Waals surface area contributed by atoms with Gasteiger partial charge in [-0.2, -0.15) is 0 Å². The van der Waals surface area contributed by atoms with E-state index in [0.29, 0.717) is 11.4 Å². The summed E-state index contributed by atoms with van der Waals surface area (Å²) in [5.41, 5.74) is 16.0. The number of fused-ring (bicyclic) bond motifs is 1. The Morgan fingerprint density at radius 2 is 1.09 bits per heavy atom. The van der Waals surface area contributed by atoms with Gasteiger partial charge in [0, 0.05) is 43.9 Å². The fourth-order valence-electron chi connectivity index (χ4n) is 8.60. The van der Waals surface area contributed by atoms with E-state index >= 15 is 0 Å². The second kappa shape index (κ2) is 17.3. The standard InChI is InChI=1S/C59H54N3O.Pt/c1-57(2,3)45-29-30-52(50(38-45)39-19-11-9-12-20-39)62-53-27-18-26-48(55(53)61-56(62)49-25-15-16-28-54(49)63)42-33-43(36-47(35-42)58(4,5)6)51-37-41(31-32-60-51)40-21-17-24-46(34-40)59(7,8)44-22-13-10-14-23-44;/h9-32,34-38,63H,1-8H3;/q-1;. The summed E-state index contributed by atoms with van der Waals surface area (Å²) in [7, 11) is 0. The van der Waals surface area contributed by atoms with Crippen LogP contribution in [0.2, 0.25) is 0 Å². The average molecular weight is 1020 g/mol. The van der Waals surface area contributed by atoms with Crippen LogP contribution in [-0.4, -0.2) is 19.6 Å². The molecule has 5 heteroatoms. The molecular weight excluding hydrogens is 962 g/mol.